The Balaban J connectivity index is 0.982. The lowest BCUT2D eigenvalue weighted by molar-refractivity contribution is 0.360. The number of imidazole rings is 1. The van der Waals surface area contributed by atoms with Gasteiger partial charge in [0.1, 0.15) is 5.82 Å². The summed E-state index contributed by atoms with van der Waals surface area (Å²) in [5, 5.41) is 0. The number of benzene rings is 4. The molecule has 12 rings (SSSR count). The van der Waals surface area contributed by atoms with E-state index in [1.165, 1.54) is 126 Å². The average Bonchev–Trinajstić information content (AvgIpc) is 3.90. The Morgan fingerprint density at radius 1 is 0.586 bits per heavy atom. The third-order valence-electron chi connectivity index (χ3n) is 15.2. The van der Waals surface area contributed by atoms with Crippen molar-refractivity contribution >= 4 is 17.3 Å². The number of rotatable bonds is 4. The predicted molar refractivity (Wildman–Crippen MR) is 237 cm³/mol. The second-order valence-electron chi connectivity index (χ2n) is 18.8. The van der Waals surface area contributed by atoms with Crippen LogP contribution in [0, 0.1) is 0 Å². The van der Waals surface area contributed by atoms with Gasteiger partial charge in [-0.25, -0.2) is 9.98 Å². The Hall–Kier alpha value is -5.16. The first-order valence-electron chi connectivity index (χ1n) is 22.6. The van der Waals surface area contributed by atoms with Crippen LogP contribution in [-0.4, -0.2) is 32.2 Å². The van der Waals surface area contributed by atoms with Crippen molar-refractivity contribution < 1.29 is 0 Å². The van der Waals surface area contributed by atoms with E-state index in [0.717, 1.165) is 38.5 Å². The Kier molecular flexibility index (Phi) is 8.08. The maximum Gasteiger partial charge on any atom is 0.215 e. The highest BCUT2D eigenvalue weighted by Gasteiger charge is 2.42. The Morgan fingerprint density at radius 2 is 1.29 bits per heavy atom. The third kappa shape index (κ3) is 5.27. The molecular formula is C53H55N5. The molecule has 3 unspecified atom stereocenters. The molecule has 0 spiro atoms. The first-order chi connectivity index (χ1) is 28.5. The number of nitrogens with zero attached hydrogens (tertiary/aromatic N) is 5. The smallest absolute Gasteiger partial charge is 0.215 e. The second-order valence-corrected chi connectivity index (χ2v) is 18.8. The first-order valence-corrected chi connectivity index (χ1v) is 22.6. The summed E-state index contributed by atoms with van der Waals surface area (Å²) in [6.45, 7) is 4.82. The van der Waals surface area contributed by atoms with Gasteiger partial charge in [-0.05, 0) is 152 Å². The molecule has 2 aromatic heterocycles. The molecular weight excluding hydrogens is 707 g/mol. The summed E-state index contributed by atoms with van der Waals surface area (Å²) in [5.74, 6) is 3.02. The van der Waals surface area contributed by atoms with Crippen LogP contribution < -0.4 is 4.90 Å². The largest absolute Gasteiger partial charge is 0.338 e. The van der Waals surface area contributed by atoms with Crippen molar-refractivity contribution in [3.63, 3.8) is 0 Å². The molecule has 1 aliphatic heterocycles. The molecule has 0 saturated heterocycles. The molecule has 0 bridgehead atoms. The van der Waals surface area contributed by atoms with Crippen LogP contribution in [0.15, 0.2) is 102 Å². The molecule has 5 aliphatic carbocycles. The van der Waals surface area contributed by atoms with Gasteiger partial charge >= 0.3 is 0 Å². The fraction of sp³-hybridized carbons (Fsp3) is 0.396. The second kappa shape index (κ2) is 13.4. The number of fused-ring (bicyclic) bond motifs is 11. The summed E-state index contributed by atoms with van der Waals surface area (Å²) in [5.41, 5.74) is 19.9. The van der Waals surface area contributed by atoms with Gasteiger partial charge in [0.2, 0.25) is 5.96 Å². The van der Waals surface area contributed by atoms with E-state index in [0.29, 0.717) is 18.0 Å². The fourth-order valence-corrected chi connectivity index (χ4v) is 12.4. The molecule has 0 N–H and O–H groups in total. The minimum Gasteiger partial charge on any atom is -0.338 e. The molecule has 0 amide bonds. The van der Waals surface area contributed by atoms with Crippen molar-refractivity contribution in [1.82, 2.24) is 14.1 Å². The highest BCUT2D eigenvalue weighted by atomic mass is 15.3. The van der Waals surface area contributed by atoms with E-state index >= 15 is 0 Å². The Bertz CT molecular complexity index is 2600. The lowest BCUT2D eigenvalue weighted by atomic mass is 9.82. The quantitative estimate of drug-likeness (QED) is 0.179. The lowest BCUT2D eigenvalue weighted by Gasteiger charge is -2.38. The van der Waals surface area contributed by atoms with Gasteiger partial charge in [0, 0.05) is 45.8 Å². The molecule has 5 heteroatoms. The van der Waals surface area contributed by atoms with Crippen molar-refractivity contribution in [3.8, 4) is 22.3 Å². The van der Waals surface area contributed by atoms with Gasteiger partial charge in [0.05, 0.1) is 11.7 Å². The van der Waals surface area contributed by atoms with E-state index in [-0.39, 0.29) is 5.41 Å². The van der Waals surface area contributed by atoms with Gasteiger partial charge in [0.25, 0.3) is 0 Å². The van der Waals surface area contributed by atoms with Crippen LogP contribution in [0.4, 0.5) is 11.4 Å². The van der Waals surface area contributed by atoms with Crippen LogP contribution in [0.5, 0.6) is 0 Å². The maximum atomic E-state index is 5.82. The minimum absolute atomic E-state index is 0.0514. The van der Waals surface area contributed by atoms with E-state index in [1.54, 1.807) is 22.5 Å². The lowest BCUT2D eigenvalue weighted by Crippen LogP contribution is -2.40. The molecule has 3 atom stereocenters. The third-order valence-corrected chi connectivity index (χ3v) is 15.2. The zero-order chi connectivity index (χ0) is 38.5. The van der Waals surface area contributed by atoms with Crippen LogP contribution in [0.1, 0.15) is 128 Å². The van der Waals surface area contributed by atoms with Crippen molar-refractivity contribution in [1.29, 1.82) is 0 Å². The van der Waals surface area contributed by atoms with E-state index in [4.69, 9.17) is 9.98 Å². The van der Waals surface area contributed by atoms with Gasteiger partial charge < -0.3 is 4.90 Å². The number of aryl methyl sites for hydroxylation is 1. The highest BCUT2D eigenvalue weighted by molar-refractivity contribution is 5.90. The summed E-state index contributed by atoms with van der Waals surface area (Å²) in [4.78, 5) is 14.0. The first kappa shape index (κ1) is 34.8. The average molecular weight is 762 g/mol. The van der Waals surface area contributed by atoms with Crippen molar-refractivity contribution in [3.05, 3.63) is 148 Å². The number of hydrogen-bond donors (Lipinski definition) is 0. The summed E-state index contributed by atoms with van der Waals surface area (Å²) in [7, 11) is 0. The van der Waals surface area contributed by atoms with Crippen LogP contribution in [0.3, 0.4) is 0 Å². The summed E-state index contributed by atoms with van der Waals surface area (Å²) in [6, 6.07) is 37.4. The molecule has 6 aliphatic rings. The zero-order valence-electron chi connectivity index (χ0n) is 34.3. The van der Waals surface area contributed by atoms with E-state index < -0.39 is 0 Å². The van der Waals surface area contributed by atoms with Gasteiger partial charge in [-0.3, -0.25) is 9.13 Å². The van der Waals surface area contributed by atoms with Crippen LogP contribution in [0.25, 0.3) is 22.3 Å². The number of aliphatic imine (C=N–C) groups is 1. The van der Waals surface area contributed by atoms with Crippen molar-refractivity contribution in [2.24, 2.45) is 4.99 Å². The van der Waals surface area contributed by atoms with Gasteiger partial charge in [-0.15, -0.1) is 0 Å². The normalized spacial score (nSPS) is 22.4. The minimum atomic E-state index is -0.0514. The zero-order valence-corrected chi connectivity index (χ0v) is 34.3. The molecule has 1 saturated carbocycles. The van der Waals surface area contributed by atoms with Gasteiger partial charge in [-0.2, -0.15) is 0 Å². The van der Waals surface area contributed by atoms with Crippen LogP contribution in [-0.2, 0) is 43.9 Å². The molecule has 3 heterocycles. The SMILES string of the molecule is CC1(C)c2ccccc2-c2ccc(N(c3ccc(-c4ccccc4)cc3)C3CCc4c(c5c(n4C4=NC6CCCCC6c6nc7c(n64)CCCC7)CCCC5)C3)cc21. The molecule has 292 valence electrons. The standard InChI is InChI=1S/C53H55N5/c1-53(2)44-19-9-6-16-39(44)40-30-28-38(33-45(40)53)56(36-26-24-35(25-27-36)34-14-4-3-5-15-34)37-29-31-49-43(32-37)41-17-8-12-22-48(41)57(49)52-55-46-20-10-7-18-42(46)51-54-47-21-11-13-23-50(47)58(51)52/h3-6,9,14-16,19,24-28,30,33,37,42,46H,7-8,10-13,17-18,20-23,29,31-32H2,1-2H3. The van der Waals surface area contributed by atoms with E-state index in [9.17, 15) is 0 Å². The summed E-state index contributed by atoms with van der Waals surface area (Å²) < 4.78 is 5.35. The predicted octanol–water partition coefficient (Wildman–Crippen LogP) is 11.9. The highest BCUT2D eigenvalue weighted by Crippen LogP contribution is 2.51. The topological polar surface area (TPSA) is 38.4 Å². The molecule has 0 radical (unpaired) electrons. The molecule has 1 fully saturated rings. The summed E-state index contributed by atoms with van der Waals surface area (Å²) >= 11 is 0. The molecule has 58 heavy (non-hydrogen) atoms. The monoisotopic (exact) mass is 761 g/mol. The van der Waals surface area contributed by atoms with E-state index in [1.807, 2.05) is 0 Å². The maximum absolute atomic E-state index is 5.82. The number of anilines is 2. The van der Waals surface area contributed by atoms with E-state index in [2.05, 4.69) is 125 Å². The molecule has 4 aromatic carbocycles. The number of aromatic nitrogens is 3. The van der Waals surface area contributed by atoms with Crippen molar-refractivity contribution in [2.45, 2.75) is 134 Å². The van der Waals surface area contributed by atoms with Crippen LogP contribution in [0.2, 0.25) is 0 Å². The number of hydrogen-bond acceptors (Lipinski definition) is 3. The fourth-order valence-electron chi connectivity index (χ4n) is 12.4. The van der Waals surface area contributed by atoms with Crippen molar-refractivity contribution in [2.75, 3.05) is 4.90 Å². The Morgan fingerprint density at radius 3 is 2.17 bits per heavy atom. The van der Waals surface area contributed by atoms with Gasteiger partial charge in [0.15, 0.2) is 0 Å². The molecule has 6 aromatic rings. The van der Waals surface area contributed by atoms with Crippen LogP contribution >= 0.6 is 0 Å². The summed E-state index contributed by atoms with van der Waals surface area (Å²) in [6.07, 6.45) is 17.9. The molecule has 5 nitrogen and oxygen atoms in total. The Labute approximate surface area is 343 Å². The van der Waals surface area contributed by atoms with Gasteiger partial charge in [-0.1, -0.05) is 99.5 Å².